The maximum Gasteiger partial charge on any atom is 0.318 e. The molecule has 1 aromatic carbocycles. The summed E-state index contributed by atoms with van der Waals surface area (Å²) in [5.41, 5.74) is 0.685. The number of rotatable bonds is 3. The molecule has 8 heteroatoms. The van der Waals surface area contributed by atoms with Crippen LogP contribution >= 0.6 is 0 Å². The molecule has 1 aromatic heterocycles. The second-order valence-electron chi connectivity index (χ2n) is 4.29. The molecule has 3 rings (SSSR count). The van der Waals surface area contributed by atoms with Crippen LogP contribution in [0.1, 0.15) is 0 Å². The monoisotopic (exact) mass is 276 g/mol. The van der Waals surface area contributed by atoms with Gasteiger partial charge in [-0.15, -0.1) is 5.10 Å². The lowest BCUT2D eigenvalue weighted by Gasteiger charge is -2.24. The first-order valence-electron chi connectivity index (χ1n) is 6.15. The predicted octanol–water partition coefficient (Wildman–Crippen LogP) is 1.48. The summed E-state index contributed by atoms with van der Waals surface area (Å²) in [4.78, 5) is 12.1. The highest BCUT2D eigenvalue weighted by Crippen LogP contribution is 2.24. The van der Waals surface area contributed by atoms with E-state index < -0.39 is 4.92 Å². The molecule has 0 aliphatic carbocycles. The molecule has 0 bridgehead atoms. The summed E-state index contributed by atoms with van der Waals surface area (Å²) >= 11 is 0. The van der Waals surface area contributed by atoms with Crippen molar-refractivity contribution < 1.29 is 14.1 Å². The van der Waals surface area contributed by atoms with Crippen molar-refractivity contribution in [1.29, 1.82) is 0 Å². The van der Waals surface area contributed by atoms with Crippen LogP contribution in [-0.4, -0.2) is 41.4 Å². The molecule has 0 unspecified atom stereocenters. The number of ether oxygens (including phenoxy) is 1. The molecular weight excluding hydrogens is 264 g/mol. The van der Waals surface area contributed by atoms with E-state index in [1.54, 1.807) is 12.1 Å². The summed E-state index contributed by atoms with van der Waals surface area (Å²) in [6.45, 7) is 2.69. The van der Waals surface area contributed by atoms with Crippen molar-refractivity contribution in [3.8, 4) is 11.5 Å². The first kappa shape index (κ1) is 12.5. The molecule has 104 valence electrons. The van der Waals surface area contributed by atoms with Gasteiger partial charge in [0.25, 0.3) is 5.69 Å². The highest BCUT2D eigenvalue weighted by atomic mass is 16.6. The number of aromatic nitrogens is 2. The third-order valence-corrected chi connectivity index (χ3v) is 3.02. The Labute approximate surface area is 114 Å². The molecule has 1 fully saturated rings. The van der Waals surface area contributed by atoms with Gasteiger partial charge < -0.3 is 14.1 Å². The zero-order chi connectivity index (χ0) is 13.9. The number of nitro benzene ring substituents is 1. The number of non-ortho nitro benzene ring substituents is 1. The Morgan fingerprint density at radius 3 is 2.50 bits per heavy atom. The smallest absolute Gasteiger partial charge is 0.318 e. The maximum absolute atomic E-state index is 10.6. The number of anilines is 1. The highest BCUT2D eigenvalue weighted by Gasteiger charge is 2.18. The molecule has 1 aliphatic rings. The van der Waals surface area contributed by atoms with E-state index in [2.05, 4.69) is 10.2 Å². The Balaban J connectivity index is 1.80. The first-order valence-corrected chi connectivity index (χ1v) is 6.15. The fourth-order valence-electron chi connectivity index (χ4n) is 1.94. The van der Waals surface area contributed by atoms with E-state index in [9.17, 15) is 10.1 Å². The molecule has 8 nitrogen and oxygen atoms in total. The molecule has 2 heterocycles. The number of benzene rings is 1. The average Bonchev–Trinajstić information content (AvgIpc) is 2.98. The number of nitrogens with zero attached hydrogens (tertiary/aromatic N) is 4. The molecule has 2 aromatic rings. The van der Waals surface area contributed by atoms with Gasteiger partial charge >= 0.3 is 6.01 Å². The predicted molar refractivity (Wildman–Crippen MR) is 69.4 cm³/mol. The third kappa shape index (κ3) is 2.45. The summed E-state index contributed by atoms with van der Waals surface area (Å²) in [5.74, 6) is 0.349. The lowest BCUT2D eigenvalue weighted by molar-refractivity contribution is -0.384. The van der Waals surface area contributed by atoms with E-state index in [4.69, 9.17) is 9.15 Å². The van der Waals surface area contributed by atoms with Crippen LogP contribution in [0.3, 0.4) is 0 Å². The molecule has 1 aliphatic heterocycles. The van der Waals surface area contributed by atoms with Gasteiger partial charge in [0.15, 0.2) is 0 Å². The Morgan fingerprint density at radius 2 is 1.85 bits per heavy atom. The zero-order valence-electron chi connectivity index (χ0n) is 10.6. The minimum Gasteiger partial charge on any atom is -0.403 e. The van der Waals surface area contributed by atoms with Crippen molar-refractivity contribution >= 4 is 11.7 Å². The van der Waals surface area contributed by atoms with Crippen LogP contribution in [-0.2, 0) is 4.74 Å². The fraction of sp³-hybridized carbons (Fsp3) is 0.333. The Bertz CT molecular complexity index is 604. The van der Waals surface area contributed by atoms with E-state index >= 15 is 0 Å². The van der Waals surface area contributed by atoms with Crippen molar-refractivity contribution in [3.05, 3.63) is 34.4 Å². The van der Waals surface area contributed by atoms with Crippen molar-refractivity contribution in [1.82, 2.24) is 10.2 Å². The average molecular weight is 276 g/mol. The quantitative estimate of drug-likeness (QED) is 0.619. The number of morpholine rings is 1. The lowest BCUT2D eigenvalue weighted by atomic mass is 10.2. The normalized spacial score (nSPS) is 15.3. The van der Waals surface area contributed by atoms with Gasteiger partial charge in [0.2, 0.25) is 5.89 Å². The number of hydrogen-bond acceptors (Lipinski definition) is 7. The molecule has 1 saturated heterocycles. The summed E-state index contributed by atoms with van der Waals surface area (Å²) in [7, 11) is 0. The van der Waals surface area contributed by atoms with Crippen LogP contribution in [0.2, 0.25) is 0 Å². The van der Waals surface area contributed by atoms with Crippen LogP contribution in [0.25, 0.3) is 11.5 Å². The van der Waals surface area contributed by atoms with E-state index in [1.165, 1.54) is 12.1 Å². The molecule has 0 saturated carbocycles. The molecular formula is C12H12N4O4. The Hall–Kier alpha value is -2.48. The molecule has 0 amide bonds. The van der Waals surface area contributed by atoms with Gasteiger partial charge in [-0.25, -0.2) is 0 Å². The summed E-state index contributed by atoms with van der Waals surface area (Å²) < 4.78 is 10.8. The Kier molecular flexibility index (Phi) is 3.30. The molecule has 0 atom stereocenters. The van der Waals surface area contributed by atoms with E-state index in [0.29, 0.717) is 43.8 Å². The largest absolute Gasteiger partial charge is 0.403 e. The van der Waals surface area contributed by atoms with E-state index in [-0.39, 0.29) is 5.69 Å². The highest BCUT2D eigenvalue weighted by molar-refractivity contribution is 5.56. The molecule has 0 N–H and O–H groups in total. The van der Waals surface area contributed by atoms with Crippen molar-refractivity contribution in [2.75, 3.05) is 31.2 Å². The van der Waals surface area contributed by atoms with Gasteiger partial charge in [0.05, 0.1) is 18.1 Å². The van der Waals surface area contributed by atoms with Gasteiger partial charge in [-0.3, -0.25) is 10.1 Å². The van der Waals surface area contributed by atoms with Crippen molar-refractivity contribution in [2.45, 2.75) is 0 Å². The standard InChI is InChI=1S/C12H12N4O4/c17-16(18)10-3-1-9(2-4-10)11-13-14-12(20-11)15-5-7-19-8-6-15/h1-4H,5-8H2. The minimum absolute atomic E-state index is 0.0293. The zero-order valence-corrected chi connectivity index (χ0v) is 10.6. The number of hydrogen-bond donors (Lipinski definition) is 0. The van der Waals surface area contributed by atoms with Crippen LogP contribution < -0.4 is 4.90 Å². The van der Waals surface area contributed by atoms with Gasteiger partial charge in [-0.1, -0.05) is 5.10 Å². The van der Waals surface area contributed by atoms with Gasteiger partial charge in [-0.2, -0.15) is 0 Å². The van der Waals surface area contributed by atoms with Gasteiger partial charge in [-0.05, 0) is 12.1 Å². The second-order valence-corrected chi connectivity index (χ2v) is 4.29. The second kappa shape index (κ2) is 5.25. The van der Waals surface area contributed by atoms with Crippen LogP contribution in [0.15, 0.2) is 28.7 Å². The number of nitro groups is 1. The van der Waals surface area contributed by atoms with E-state index in [1.807, 2.05) is 4.90 Å². The van der Waals surface area contributed by atoms with Crippen molar-refractivity contribution in [3.63, 3.8) is 0 Å². The topological polar surface area (TPSA) is 94.5 Å². The minimum atomic E-state index is -0.448. The fourth-order valence-corrected chi connectivity index (χ4v) is 1.94. The van der Waals surface area contributed by atoms with Crippen molar-refractivity contribution in [2.24, 2.45) is 0 Å². The third-order valence-electron chi connectivity index (χ3n) is 3.02. The van der Waals surface area contributed by atoms with Gasteiger partial charge in [0.1, 0.15) is 0 Å². The summed E-state index contributed by atoms with van der Waals surface area (Å²) in [6, 6.07) is 6.45. The Morgan fingerprint density at radius 1 is 1.15 bits per heavy atom. The summed E-state index contributed by atoms with van der Waals surface area (Å²) in [6.07, 6.45) is 0. The SMILES string of the molecule is O=[N+]([O-])c1ccc(-c2nnc(N3CCOCC3)o2)cc1. The van der Waals surface area contributed by atoms with E-state index in [0.717, 1.165) is 0 Å². The summed E-state index contributed by atoms with van der Waals surface area (Å²) in [5, 5.41) is 18.6. The van der Waals surface area contributed by atoms with Crippen LogP contribution in [0, 0.1) is 10.1 Å². The van der Waals surface area contributed by atoms with Crippen LogP contribution in [0.5, 0.6) is 0 Å². The molecule has 0 spiro atoms. The molecule has 0 radical (unpaired) electrons. The lowest BCUT2D eigenvalue weighted by Crippen LogP contribution is -2.36. The maximum atomic E-state index is 10.6. The van der Waals surface area contributed by atoms with Crippen LogP contribution in [0.4, 0.5) is 11.7 Å². The van der Waals surface area contributed by atoms with Gasteiger partial charge in [0, 0.05) is 30.8 Å². The molecule has 20 heavy (non-hydrogen) atoms. The first-order chi connectivity index (χ1) is 9.74.